The van der Waals surface area contributed by atoms with Gasteiger partial charge < -0.3 is 14.8 Å². The van der Waals surface area contributed by atoms with Crippen LogP contribution in [0.2, 0.25) is 0 Å². The molecule has 1 aromatic carbocycles. The van der Waals surface area contributed by atoms with Crippen molar-refractivity contribution in [1.29, 1.82) is 0 Å². The molecule has 3 aromatic rings. The maximum atomic E-state index is 12.7. The van der Waals surface area contributed by atoms with Crippen LogP contribution in [0.3, 0.4) is 0 Å². The van der Waals surface area contributed by atoms with Crippen LogP contribution in [0, 0.1) is 0 Å². The van der Waals surface area contributed by atoms with E-state index in [1.807, 2.05) is 24.3 Å². The van der Waals surface area contributed by atoms with Crippen molar-refractivity contribution in [2.75, 3.05) is 26.2 Å². The van der Waals surface area contributed by atoms with Crippen LogP contribution < -0.4 is 0 Å². The molecule has 0 atom stereocenters. The van der Waals surface area contributed by atoms with E-state index in [1.165, 1.54) is 11.1 Å². The Kier molecular flexibility index (Phi) is 4.42. The van der Waals surface area contributed by atoms with E-state index in [0.717, 1.165) is 10.9 Å². The number of Topliss-reactive ketones (excluding diaryl/α,β-unsaturated/α-hetero) is 1. The number of ketones is 1. The second-order valence-corrected chi connectivity index (χ2v) is 6.40. The average Bonchev–Trinajstić information content (AvgIpc) is 3.17. The molecule has 1 N–H and O–H groups in total. The molecule has 1 fully saturated rings. The van der Waals surface area contributed by atoms with Crippen LogP contribution in [0.25, 0.3) is 10.9 Å². The summed E-state index contributed by atoms with van der Waals surface area (Å²) in [6.45, 7) is 1.44. The number of pyridine rings is 1. The standard InChI is InChI=1S/C20H18N4O3/c25-18(16-13-22-17-6-2-1-5-15(16)17)20(27)24-10-8-23(9-11-24)19(26)14-4-3-7-21-12-14/h1-7,12-13,22H,8-11H2. The SMILES string of the molecule is O=C(C(=O)N1CCN(C(=O)c2cccnc2)CC1)c1c[nH]c2ccccc12. The number of nitrogens with one attached hydrogen (secondary N) is 1. The number of aromatic amines is 1. The highest BCUT2D eigenvalue weighted by molar-refractivity contribution is 6.44. The maximum absolute atomic E-state index is 12.7. The van der Waals surface area contributed by atoms with Crippen molar-refractivity contribution in [3.8, 4) is 0 Å². The molecule has 2 aromatic heterocycles. The van der Waals surface area contributed by atoms with Gasteiger partial charge in [0.15, 0.2) is 0 Å². The Bertz CT molecular complexity index is 1000. The van der Waals surface area contributed by atoms with Crippen LogP contribution in [-0.4, -0.2) is 63.5 Å². The van der Waals surface area contributed by atoms with E-state index in [1.54, 1.807) is 29.4 Å². The Morgan fingerprint density at radius 3 is 2.41 bits per heavy atom. The second kappa shape index (κ2) is 7.03. The van der Waals surface area contributed by atoms with Crippen LogP contribution in [-0.2, 0) is 4.79 Å². The van der Waals surface area contributed by atoms with E-state index in [0.29, 0.717) is 37.3 Å². The fourth-order valence-electron chi connectivity index (χ4n) is 3.30. The van der Waals surface area contributed by atoms with E-state index in [-0.39, 0.29) is 5.91 Å². The minimum absolute atomic E-state index is 0.113. The first-order valence-corrected chi connectivity index (χ1v) is 8.74. The first-order valence-electron chi connectivity index (χ1n) is 8.74. The van der Waals surface area contributed by atoms with Gasteiger partial charge in [-0.1, -0.05) is 18.2 Å². The highest BCUT2D eigenvalue weighted by atomic mass is 16.2. The lowest BCUT2D eigenvalue weighted by molar-refractivity contribution is -0.127. The van der Waals surface area contributed by atoms with E-state index in [2.05, 4.69) is 9.97 Å². The van der Waals surface area contributed by atoms with Gasteiger partial charge in [-0.05, 0) is 18.2 Å². The smallest absolute Gasteiger partial charge is 0.295 e. The Balaban J connectivity index is 1.43. The highest BCUT2D eigenvalue weighted by Gasteiger charge is 2.29. The summed E-state index contributed by atoms with van der Waals surface area (Å²) in [6, 6.07) is 10.8. The van der Waals surface area contributed by atoms with Crippen LogP contribution in [0.15, 0.2) is 55.0 Å². The number of piperazine rings is 1. The van der Waals surface area contributed by atoms with Gasteiger partial charge >= 0.3 is 0 Å². The van der Waals surface area contributed by atoms with Crippen molar-refractivity contribution in [2.45, 2.75) is 0 Å². The largest absolute Gasteiger partial charge is 0.360 e. The Labute approximate surface area is 155 Å². The molecule has 7 heteroatoms. The van der Waals surface area contributed by atoms with Gasteiger partial charge in [-0.2, -0.15) is 0 Å². The van der Waals surface area contributed by atoms with Crippen molar-refractivity contribution in [3.63, 3.8) is 0 Å². The number of carbonyl (C=O) groups is 3. The molecule has 1 aliphatic rings. The normalized spacial score (nSPS) is 14.4. The third-order valence-corrected chi connectivity index (χ3v) is 4.79. The highest BCUT2D eigenvalue weighted by Crippen LogP contribution is 2.19. The lowest BCUT2D eigenvalue weighted by atomic mass is 10.1. The van der Waals surface area contributed by atoms with Crippen LogP contribution in [0.5, 0.6) is 0 Å². The van der Waals surface area contributed by atoms with Crippen molar-refractivity contribution in [1.82, 2.24) is 19.8 Å². The Morgan fingerprint density at radius 2 is 1.67 bits per heavy atom. The van der Waals surface area contributed by atoms with Gasteiger partial charge in [-0.15, -0.1) is 0 Å². The number of benzene rings is 1. The fraction of sp³-hybridized carbons (Fsp3) is 0.200. The predicted octanol–water partition coefficient (Wildman–Crippen LogP) is 1.73. The average molecular weight is 362 g/mol. The number of carbonyl (C=O) groups excluding carboxylic acids is 3. The van der Waals surface area contributed by atoms with Gasteiger partial charge in [0, 0.05) is 55.7 Å². The van der Waals surface area contributed by atoms with Crippen molar-refractivity contribution >= 4 is 28.5 Å². The second-order valence-electron chi connectivity index (χ2n) is 6.40. The zero-order chi connectivity index (χ0) is 18.8. The van der Waals surface area contributed by atoms with E-state index in [4.69, 9.17) is 0 Å². The summed E-state index contributed by atoms with van der Waals surface area (Å²) in [5.41, 5.74) is 1.72. The van der Waals surface area contributed by atoms with Gasteiger partial charge in [-0.3, -0.25) is 19.4 Å². The minimum atomic E-state index is -0.534. The number of para-hydroxylation sites is 1. The Hall–Kier alpha value is -3.48. The summed E-state index contributed by atoms with van der Waals surface area (Å²) in [5.74, 6) is -1.18. The molecule has 0 bridgehead atoms. The molecule has 0 radical (unpaired) electrons. The monoisotopic (exact) mass is 362 g/mol. The molecule has 136 valence electrons. The quantitative estimate of drug-likeness (QED) is 0.568. The summed E-state index contributed by atoms with van der Waals surface area (Å²) >= 11 is 0. The molecule has 1 aliphatic heterocycles. The fourth-order valence-corrected chi connectivity index (χ4v) is 3.30. The number of nitrogens with zero attached hydrogens (tertiary/aromatic N) is 3. The number of aromatic nitrogens is 2. The third kappa shape index (κ3) is 3.19. The number of hydrogen-bond donors (Lipinski definition) is 1. The Morgan fingerprint density at radius 1 is 0.926 bits per heavy atom. The summed E-state index contributed by atoms with van der Waals surface area (Å²) in [4.78, 5) is 47.9. The molecule has 0 aliphatic carbocycles. The lowest BCUT2D eigenvalue weighted by Crippen LogP contribution is -2.52. The van der Waals surface area contributed by atoms with Crippen molar-refractivity contribution in [3.05, 3.63) is 66.1 Å². The molecule has 7 nitrogen and oxygen atoms in total. The molecule has 0 saturated carbocycles. The molecule has 3 heterocycles. The van der Waals surface area contributed by atoms with Crippen LogP contribution in [0.1, 0.15) is 20.7 Å². The van der Waals surface area contributed by atoms with Gasteiger partial charge in [0.05, 0.1) is 11.1 Å². The van der Waals surface area contributed by atoms with Gasteiger partial charge in [-0.25, -0.2) is 0 Å². The van der Waals surface area contributed by atoms with Gasteiger partial charge in [0.25, 0.3) is 17.6 Å². The van der Waals surface area contributed by atoms with E-state index < -0.39 is 11.7 Å². The molecular weight excluding hydrogens is 344 g/mol. The lowest BCUT2D eigenvalue weighted by Gasteiger charge is -2.34. The van der Waals surface area contributed by atoms with Gasteiger partial charge in [0.2, 0.25) is 0 Å². The maximum Gasteiger partial charge on any atom is 0.295 e. The molecule has 0 unspecified atom stereocenters. The first kappa shape index (κ1) is 17.0. The van der Waals surface area contributed by atoms with Crippen molar-refractivity contribution in [2.24, 2.45) is 0 Å². The number of rotatable bonds is 3. The molecule has 2 amide bonds. The zero-order valence-corrected chi connectivity index (χ0v) is 14.6. The summed E-state index contributed by atoms with van der Waals surface area (Å²) in [7, 11) is 0. The van der Waals surface area contributed by atoms with Crippen LogP contribution >= 0.6 is 0 Å². The molecule has 27 heavy (non-hydrogen) atoms. The van der Waals surface area contributed by atoms with Crippen molar-refractivity contribution < 1.29 is 14.4 Å². The van der Waals surface area contributed by atoms with E-state index in [9.17, 15) is 14.4 Å². The summed E-state index contributed by atoms with van der Waals surface area (Å²) in [5, 5.41) is 0.737. The number of H-pyrrole nitrogens is 1. The first-order chi connectivity index (χ1) is 13.1. The summed E-state index contributed by atoms with van der Waals surface area (Å²) in [6.07, 6.45) is 4.72. The molecular formula is C20H18N4O3. The molecule has 0 spiro atoms. The van der Waals surface area contributed by atoms with Crippen LogP contribution in [0.4, 0.5) is 0 Å². The summed E-state index contributed by atoms with van der Waals surface area (Å²) < 4.78 is 0. The number of hydrogen-bond acceptors (Lipinski definition) is 4. The number of fused-ring (bicyclic) bond motifs is 1. The van der Waals surface area contributed by atoms with E-state index >= 15 is 0 Å². The zero-order valence-electron chi connectivity index (χ0n) is 14.6. The van der Waals surface area contributed by atoms with Gasteiger partial charge in [0.1, 0.15) is 0 Å². The topological polar surface area (TPSA) is 86.4 Å². The molecule has 1 saturated heterocycles. The minimum Gasteiger partial charge on any atom is -0.360 e. The molecule has 4 rings (SSSR count). The number of amides is 2. The third-order valence-electron chi connectivity index (χ3n) is 4.79. The predicted molar refractivity (Wildman–Crippen MR) is 99.3 cm³/mol.